The average molecular weight is 453 g/mol. The number of carbonyl (C=O) groups is 2. The topological polar surface area (TPSA) is 67.9 Å². The predicted molar refractivity (Wildman–Crippen MR) is 126 cm³/mol. The number of halogens is 1. The number of ether oxygens (including phenoxy) is 2. The third kappa shape index (κ3) is 6.02. The van der Waals surface area contributed by atoms with Crippen LogP contribution in [0.4, 0.5) is 5.69 Å². The fourth-order valence-corrected chi connectivity index (χ4v) is 3.23. The molecule has 0 aliphatic heterocycles. The molecule has 3 aromatic rings. The second-order valence-corrected chi connectivity index (χ2v) is 7.73. The quantitative estimate of drug-likeness (QED) is 0.525. The Morgan fingerprint density at radius 1 is 1.00 bits per heavy atom. The first kappa shape index (κ1) is 23.2. The number of benzene rings is 3. The van der Waals surface area contributed by atoms with E-state index in [-0.39, 0.29) is 25.0 Å². The van der Waals surface area contributed by atoms with E-state index in [2.05, 4.69) is 5.32 Å². The predicted octanol–water partition coefficient (Wildman–Crippen LogP) is 4.95. The van der Waals surface area contributed by atoms with Gasteiger partial charge in [0.15, 0.2) is 11.5 Å². The average Bonchev–Trinajstić information content (AvgIpc) is 2.79. The monoisotopic (exact) mass is 452 g/mol. The van der Waals surface area contributed by atoms with E-state index in [0.29, 0.717) is 27.8 Å². The molecule has 0 spiro atoms. The Balaban J connectivity index is 1.63. The molecule has 0 aliphatic carbocycles. The zero-order chi connectivity index (χ0) is 23.1. The summed E-state index contributed by atoms with van der Waals surface area (Å²) in [5.74, 6) is 0.320. The van der Waals surface area contributed by atoms with Crippen LogP contribution in [0.5, 0.6) is 11.5 Å². The van der Waals surface area contributed by atoms with Crippen LogP contribution in [-0.4, -0.2) is 37.4 Å². The molecule has 32 heavy (non-hydrogen) atoms. The normalized spacial score (nSPS) is 10.4. The van der Waals surface area contributed by atoms with E-state index in [9.17, 15) is 9.59 Å². The number of aryl methyl sites for hydroxylation is 1. The molecule has 0 bridgehead atoms. The minimum atomic E-state index is -0.306. The van der Waals surface area contributed by atoms with E-state index in [4.69, 9.17) is 21.1 Å². The number of hydrogen-bond donors (Lipinski definition) is 1. The van der Waals surface area contributed by atoms with Crippen LogP contribution in [0, 0.1) is 6.92 Å². The van der Waals surface area contributed by atoms with Crippen LogP contribution in [-0.2, 0) is 11.4 Å². The van der Waals surface area contributed by atoms with Crippen molar-refractivity contribution >= 4 is 29.1 Å². The molecule has 7 heteroatoms. The van der Waals surface area contributed by atoms with Gasteiger partial charge in [-0.25, -0.2) is 0 Å². The zero-order valence-corrected chi connectivity index (χ0v) is 19.0. The number of nitrogens with one attached hydrogen (secondary N) is 1. The molecule has 1 N–H and O–H groups in total. The Bertz CT molecular complexity index is 1100. The van der Waals surface area contributed by atoms with Crippen molar-refractivity contribution in [1.29, 1.82) is 0 Å². The van der Waals surface area contributed by atoms with Crippen molar-refractivity contribution < 1.29 is 19.1 Å². The molecule has 2 amide bonds. The van der Waals surface area contributed by atoms with Crippen molar-refractivity contribution in [3.8, 4) is 11.5 Å². The molecule has 6 nitrogen and oxygen atoms in total. The highest BCUT2D eigenvalue weighted by molar-refractivity contribution is 6.31. The van der Waals surface area contributed by atoms with Gasteiger partial charge in [-0.2, -0.15) is 0 Å². The summed E-state index contributed by atoms with van der Waals surface area (Å²) >= 11 is 6.17. The molecule has 166 valence electrons. The fraction of sp³-hybridized carbons (Fsp3) is 0.200. The molecule has 0 heterocycles. The molecule has 0 saturated carbocycles. The van der Waals surface area contributed by atoms with Crippen LogP contribution in [0.25, 0.3) is 0 Å². The number of nitrogens with zero attached hydrogens (tertiary/aromatic N) is 1. The van der Waals surface area contributed by atoms with Gasteiger partial charge in [-0.15, -0.1) is 0 Å². The van der Waals surface area contributed by atoms with Crippen LogP contribution >= 0.6 is 11.6 Å². The van der Waals surface area contributed by atoms with Crippen molar-refractivity contribution in [2.45, 2.75) is 13.5 Å². The second-order valence-electron chi connectivity index (χ2n) is 7.32. The first-order valence-corrected chi connectivity index (χ1v) is 10.4. The summed E-state index contributed by atoms with van der Waals surface area (Å²) in [6.45, 7) is 2.15. The lowest BCUT2D eigenvalue weighted by molar-refractivity contribution is -0.116. The van der Waals surface area contributed by atoms with Gasteiger partial charge < -0.3 is 19.7 Å². The number of hydrogen-bond acceptors (Lipinski definition) is 4. The Hall–Kier alpha value is -3.51. The molecular weight excluding hydrogens is 428 g/mol. The number of amides is 2. The van der Waals surface area contributed by atoms with Gasteiger partial charge in [0, 0.05) is 28.9 Å². The van der Waals surface area contributed by atoms with E-state index in [0.717, 1.165) is 11.1 Å². The van der Waals surface area contributed by atoms with Gasteiger partial charge in [0.1, 0.15) is 6.61 Å². The van der Waals surface area contributed by atoms with Crippen molar-refractivity contribution in [2.24, 2.45) is 0 Å². The molecule has 0 aromatic heterocycles. The molecule has 0 atom stereocenters. The number of rotatable bonds is 8. The molecule has 3 aromatic carbocycles. The zero-order valence-electron chi connectivity index (χ0n) is 18.2. The lowest BCUT2D eigenvalue weighted by Crippen LogP contribution is -2.34. The smallest absolute Gasteiger partial charge is 0.254 e. The lowest BCUT2D eigenvalue weighted by atomic mass is 10.1. The molecule has 3 rings (SSSR count). The fourth-order valence-electron chi connectivity index (χ4n) is 3.04. The Labute approximate surface area is 192 Å². The SMILES string of the molecule is COc1cc(C(=O)N(C)CC(=O)Nc2ccc(C)cc2)ccc1OCc1ccccc1Cl. The van der Waals surface area contributed by atoms with Gasteiger partial charge >= 0.3 is 0 Å². The van der Waals surface area contributed by atoms with Gasteiger partial charge in [-0.05, 0) is 43.3 Å². The minimum absolute atomic E-state index is 0.0835. The summed E-state index contributed by atoms with van der Waals surface area (Å²) in [4.78, 5) is 26.5. The number of likely N-dealkylation sites (N-methyl/N-ethyl adjacent to an activating group) is 1. The van der Waals surface area contributed by atoms with Gasteiger partial charge in [0.2, 0.25) is 5.91 Å². The maximum atomic E-state index is 12.8. The van der Waals surface area contributed by atoms with Crippen molar-refractivity contribution in [1.82, 2.24) is 4.90 Å². The maximum absolute atomic E-state index is 12.8. The molecule has 0 saturated heterocycles. The first-order chi connectivity index (χ1) is 15.4. The standard InChI is InChI=1S/C25H25ClN2O4/c1-17-8-11-20(12-9-17)27-24(29)15-28(2)25(30)18-10-13-22(23(14-18)31-3)32-16-19-6-4-5-7-21(19)26/h4-14H,15-16H2,1-3H3,(H,27,29). The Morgan fingerprint density at radius 3 is 2.41 bits per heavy atom. The van der Waals surface area contributed by atoms with Gasteiger partial charge in [0.25, 0.3) is 5.91 Å². The van der Waals surface area contributed by atoms with Crippen LogP contribution < -0.4 is 14.8 Å². The highest BCUT2D eigenvalue weighted by Gasteiger charge is 2.17. The Kier molecular flexibility index (Phi) is 7.73. The number of carbonyl (C=O) groups excluding carboxylic acids is 2. The lowest BCUT2D eigenvalue weighted by Gasteiger charge is -2.18. The molecule has 0 fully saturated rings. The summed E-state index contributed by atoms with van der Waals surface area (Å²) < 4.78 is 11.2. The van der Waals surface area contributed by atoms with E-state index in [1.165, 1.54) is 12.0 Å². The van der Waals surface area contributed by atoms with E-state index >= 15 is 0 Å². The Morgan fingerprint density at radius 2 is 1.72 bits per heavy atom. The largest absolute Gasteiger partial charge is 0.493 e. The van der Waals surface area contributed by atoms with Crippen LogP contribution in [0.2, 0.25) is 5.02 Å². The number of anilines is 1. The summed E-state index contributed by atoms with van der Waals surface area (Å²) in [6.07, 6.45) is 0. The summed E-state index contributed by atoms with van der Waals surface area (Å²) in [6, 6.07) is 19.8. The van der Waals surface area contributed by atoms with Gasteiger partial charge in [-0.3, -0.25) is 9.59 Å². The third-order valence-corrected chi connectivity index (χ3v) is 5.18. The summed E-state index contributed by atoms with van der Waals surface area (Å²) in [5, 5.41) is 3.40. The van der Waals surface area contributed by atoms with E-state index in [1.807, 2.05) is 49.4 Å². The van der Waals surface area contributed by atoms with E-state index < -0.39 is 0 Å². The molecule has 0 aliphatic rings. The van der Waals surface area contributed by atoms with Crippen molar-refractivity contribution in [3.05, 3.63) is 88.4 Å². The number of methoxy groups -OCH3 is 1. The molecular formula is C25H25ClN2O4. The van der Waals surface area contributed by atoms with Gasteiger partial charge in [0.05, 0.1) is 13.7 Å². The highest BCUT2D eigenvalue weighted by Crippen LogP contribution is 2.30. The molecule has 0 unspecified atom stereocenters. The first-order valence-electron chi connectivity index (χ1n) is 10.0. The van der Waals surface area contributed by atoms with E-state index in [1.54, 1.807) is 31.3 Å². The summed E-state index contributed by atoms with van der Waals surface area (Å²) in [5.41, 5.74) is 3.01. The summed E-state index contributed by atoms with van der Waals surface area (Å²) in [7, 11) is 3.08. The van der Waals surface area contributed by atoms with Crippen LogP contribution in [0.15, 0.2) is 66.7 Å². The van der Waals surface area contributed by atoms with Gasteiger partial charge in [-0.1, -0.05) is 47.5 Å². The second kappa shape index (κ2) is 10.7. The highest BCUT2D eigenvalue weighted by atomic mass is 35.5. The van der Waals surface area contributed by atoms with Crippen molar-refractivity contribution in [2.75, 3.05) is 26.0 Å². The van der Waals surface area contributed by atoms with Crippen molar-refractivity contribution in [3.63, 3.8) is 0 Å². The molecule has 0 radical (unpaired) electrons. The third-order valence-electron chi connectivity index (χ3n) is 4.81. The maximum Gasteiger partial charge on any atom is 0.254 e. The van der Waals surface area contributed by atoms with Crippen LogP contribution in [0.1, 0.15) is 21.5 Å². The minimum Gasteiger partial charge on any atom is -0.493 e. The van der Waals surface area contributed by atoms with Crippen LogP contribution in [0.3, 0.4) is 0 Å².